The molecule has 1 aromatic heterocycles. The van der Waals surface area contributed by atoms with Gasteiger partial charge in [-0.15, -0.1) is 0 Å². The number of Topliss-reactive ketones (excluding diaryl/α,β-unsaturated/α-hetero) is 1. The average molecular weight is 172 g/mol. The molecular formula is C9H14N2O. The lowest BCUT2D eigenvalue weighted by Gasteiger charge is -1.83. The Hall–Kier alpha value is -1.12. The molecule has 0 radical (unpaired) electrons. The summed E-state index contributed by atoms with van der Waals surface area (Å²) in [4.78, 5) is 10.4. The first-order chi connectivity index (χ1) is 8.12. The fourth-order valence-corrected chi connectivity index (χ4v) is 0.888. The number of aromatic nitrogens is 2. The van der Waals surface area contributed by atoms with E-state index in [2.05, 4.69) is 16.3 Å². The fourth-order valence-electron chi connectivity index (χ4n) is 0.888. The predicted molar refractivity (Wildman–Crippen MR) is 46.9 cm³/mol. The van der Waals surface area contributed by atoms with E-state index in [4.69, 9.17) is 8.22 Å². The molecule has 1 aliphatic rings. The van der Waals surface area contributed by atoms with Gasteiger partial charge in [0.2, 0.25) is 0 Å². The largest absolute Gasteiger partial charge is 0.300 e. The zero-order chi connectivity index (χ0) is 14.0. The second-order valence-corrected chi connectivity index (χ2v) is 2.62. The molecule has 3 heteroatoms. The summed E-state index contributed by atoms with van der Waals surface area (Å²) in [6, 6.07) is 2.05. The van der Waals surface area contributed by atoms with E-state index in [0.717, 1.165) is 5.92 Å². The van der Waals surface area contributed by atoms with Crippen molar-refractivity contribution in [1.29, 1.82) is 0 Å². The molecule has 1 heterocycles. The molecule has 1 N–H and O–H groups in total. The number of nitrogens with zero attached hydrogens (tertiary/aromatic N) is 1. The molecule has 2 rings (SSSR count). The Morgan fingerprint density at radius 1 is 1.75 bits per heavy atom. The van der Waals surface area contributed by atoms with Crippen LogP contribution in [0.1, 0.15) is 46.4 Å². The normalized spacial score (nSPS) is 24.3. The zero-order valence-electron chi connectivity index (χ0n) is 12.5. The van der Waals surface area contributed by atoms with Gasteiger partial charge in [0.25, 0.3) is 0 Å². The summed E-state index contributed by atoms with van der Waals surface area (Å²) >= 11 is 0. The maximum atomic E-state index is 10.4. The monoisotopic (exact) mass is 172 g/mol. The van der Waals surface area contributed by atoms with Gasteiger partial charge in [0.05, 0.1) is 0 Å². The predicted octanol–water partition coefficient (Wildman–Crippen LogP) is 1.88. The molecule has 1 fully saturated rings. The Bertz CT molecular complexity index is 374. The highest BCUT2D eigenvalue weighted by Gasteiger charge is 2.24. The third-order valence-electron chi connectivity index (χ3n) is 1.54. The summed E-state index contributed by atoms with van der Waals surface area (Å²) < 4.78 is 38.5. The summed E-state index contributed by atoms with van der Waals surface area (Å²) in [5.41, 5.74) is 1.31. The molecule has 3 nitrogen and oxygen atoms in total. The molecule has 12 heavy (non-hydrogen) atoms. The van der Waals surface area contributed by atoms with Crippen LogP contribution < -0.4 is 0 Å². The first-order valence-electron chi connectivity index (χ1n) is 6.66. The fraction of sp³-hybridized carbons (Fsp3) is 0.556. The molecule has 0 atom stereocenters. The van der Waals surface area contributed by atoms with Gasteiger partial charge in [0, 0.05) is 26.0 Å². The molecule has 0 aromatic carbocycles. The van der Waals surface area contributed by atoms with E-state index in [0.29, 0.717) is 0 Å². The maximum absolute atomic E-state index is 10.4. The van der Waals surface area contributed by atoms with Crippen LogP contribution >= 0.6 is 0 Å². The van der Waals surface area contributed by atoms with Crippen LogP contribution in [0.15, 0.2) is 12.3 Å². The Morgan fingerprint density at radius 2 is 2.50 bits per heavy atom. The van der Waals surface area contributed by atoms with Crippen LogP contribution in [0.5, 0.6) is 0 Å². The summed E-state index contributed by atoms with van der Waals surface area (Å²) in [7, 11) is 0. The maximum Gasteiger partial charge on any atom is 0.126 e. The van der Waals surface area contributed by atoms with Crippen LogP contribution in [-0.4, -0.2) is 16.0 Å². The highest BCUT2D eigenvalue weighted by Crippen LogP contribution is 2.38. The second kappa shape index (κ2) is 4.04. The van der Waals surface area contributed by atoms with Crippen LogP contribution in [-0.2, 0) is 4.79 Å². The molecule has 1 aliphatic carbocycles. The topological polar surface area (TPSA) is 45.8 Å². The van der Waals surface area contributed by atoms with E-state index in [-0.39, 0.29) is 0 Å². The van der Waals surface area contributed by atoms with Crippen LogP contribution in [0.2, 0.25) is 0 Å². The number of ketones is 1. The highest BCUT2D eigenvalue weighted by atomic mass is 16.1. The molecule has 0 bridgehead atoms. The quantitative estimate of drug-likeness (QED) is 0.703. The lowest BCUT2D eigenvalue weighted by molar-refractivity contribution is -0.114. The number of carbonyl (C=O) groups excluding carboxylic acids is 1. The van der Waals surface area contributed by atoms with Crippen molar-refractivity contribution in [3.8, 4) is 0 Å². The summed E-state index contributed by atoms with van der Waals surface area (Å²) in [5.74, 6) is -0.863. The third-order valence-corrected chi connectivity index (χ3v) is 1.54. The molecule has 0 unspecified atom stereocenters. The van der Waals surface area contributed by atoms with Crippen LogP contribution in [0, 0.1) is 0 Å². The van der Waals surface area contributed by atoms with Gasteiger partial charge in [-0.2, -0.15) is 5.10 Å². The molecule has 0 spiro atoms. The number of aromatic amines is 1. The van der Waals surface area contributed by atoms with Gasteiger partial charge in [-0.1, -0.05) is 0 Å². The van der Waals surface area contributed by atoms with Gasteiger partial charge in [-0.25, -0.2) is 0 Å². The van der Waals surface area contributed by atoms with Gasteiger partial charge in [0.1, 0.15) is 5.78 Å². The van der Waals surface area contributed by atoms with Gasteiger partial charge in [-0.05, 0) is 32.6 Å². The lowest BCUT2D eigenvalue weighted by atomic mass is 10.3. The van der Waals surface area contributed by atoms with Crippen molar-refractivity contribution in [3.05, 3.63) is 18.0 Å². The molecule has 66 valence electrons. The van der Waals surface area contributed by atoms with Crippen LogP contribution in [0.3, 0.4) is 0 Å². The first kappa shape index (κ1) is 3.73. The van der Waals surface area contributed by atoms with E-state index in [9.17, 15) is 4.79 Å². The minimum Gasteiger partial charge on any atom is -0.300 e. The summed E-state index contributed by atoms with van der Waals surface area (Å²) in [6.07, 6.45) is 4.51. The van der Waals surface area contributed by atoms with Gasteiger partial charge in [-0.3, -0.25) is 5.10 Å². The summed E-state index contributed by atoms with van der Waals surface area (Å²) in [5, 5.41) is 6.81. The van der Waals surface area contributed by atoms with E-state index in [1.807, 2.05) is 6.20 Å². The third kappa shape index (κ3) is 3.32. The Kier molecular flexibility index (Phi) is 1.26. The molecule has 0 saturated heterocycles. The standard InChI is InChI=1S/C6H8N2.C3H6O/c1-2-5(1)6-3-4-7-8-6;1-3(2)4/h3-5H,1-2H2,(H,7,8);1-2H3/i;1D3,2D3. The number of hydrogen-bond donors (Lipinski definition) is 1. The van der Waals surface area contributed by atoms with Gasteiger partial charge < -0.3 is 4.79 Å². The minimum absolute atomic E-state index is 0.817. The molecule has 1 saturated carbocycles. The van der Waals surface area contributed by atoms with Crippen molar-refractivity contribution in [2.45, 2.75) is 32.5 Å². The van der Waals surface area contributed by atoms with E-state index in [1.165, 1.54) is 18.5 Å². The van der Waals surface area contributed by atoms with Crippen molar-refractivity contribution in [2.75, 3.05) is 0 Å². The van der Waals surface area contributed by atoms with Gasteiger partial charge in [0.15, 0.2) is 0 Å². The van der Waals surface area contributed by atoms with Crippen molar-refractivity contribution < 1.29 is 13.0 Å². The molecule has 1 aromatic rings. The smallest absolute Gasteiger partial charge is 0.126 e. The van der Waals surface area contributed by atoms with Gasteiger partial charge >= 0.3 is 0 Å². The van der Waals surface area contributed by atoms with Crippen molar-refractivity contribution >= 4 is 5.78 Å². The van der Waals surface area contributed by atoms with E-state index >= 15 is 0 Å². The first-order valence-corrected chi connectivity index (χ1v) is 3.66. The second-order valence-electron chi connectivity index (χ2n) is 2.62. The van der Waals surface area contributed by atoms with Crippen molar-refractivity contribution in [2.24, 2.45) is 0 Å². The van der Waals surface area contributed by atoms with Crippen LogP contribution in [0.4, 0.5) is 0 Å². The lowest BCUT2D eigenvalue weighted by Crippen LogP contribution is -1.75. The van der Waals surface area contributed by atoms with E-state index in [1.54, 1.807) is 0 Å². The van der Waals surface area contributed by atoms with E-state index < -0.39 is 19.5 Å². The Balaban J connectivity index is 0.000000182. The number of rotatable bonds is 1. The molecule has 0 amide bonds. The number of hydrogen-bond acceptors (Lipinski definition) is 2. The minimum atomic E-state index is -3.01. The number of H-pyrrole nitrogens is 1. The Labute approximate surface area is 80.6 Å². The zero-order valence-corrected chi connectivity index (χ0v) is 6.50. The van der Waals surface area contributed by atoms with Crippen molar-refractivity contribution in [1.82, 2.24) is 10.2 Å². The van der Waals surface area contributed by atoms with Crippen LogP contribution in [0.25, 0.3) is 0 Å². The molecular weight excluding hydrogens is 152 g/mol. The highest BCUT2D eigenvalue weighted by molar-refractivity contribution is 5.72. The Morgan fingerprint density at radius 3 is 2.83 bits per heavy atom. The number of nitrogens with one attached hydrogen (secondary N) is 1. The summed E-state index contributed by atoms with van der Waals surface area (Å²) in [6.45, 7) is -6.02. The molecule has 0 aliphatic heterocycles. The SMILES string of the molecule is [2H]C([2H])([2H])C(=O)C([2H])([2H])[2H].c1cc(C2CC2)[nH]n1. The average Bonchev–Trinajstić information content (AvgIpc) is 2.92. The number of carbonyl (C=O) groups is 1. The van der Waals surface area contributed by atoms with Crippen molar-refractivity contribution in [3.63, 3.8) is 0 Å².